The fourth-order valence-electron chi connectivity index (χ4n) is 0.644. The summed E-state index contributed by atoms with van der Waals surface area (Å²) in [5.74, 6) is 0. The van der Waals surface area contributed by atoms with Crippen molar-refractivity contribution in [3.05, 3.63) is 24.3 Å². The van der Waals surface area contributed by atoms with E-state index < -0.39 is 0 Å². The predicted molar refractivity (Wildman–Crippen MR) is 43.5 cm³/mol. The van der Waals surface area contributed by atoms with Gasteiger partial charge in [0.25, 0.3) is 0 Å². The first-order chi connectivity index (χ1) is 4.41. The minimum Gasteiger partial charge on any atom is -0.0917 e. The van der Waals surface area contributed by atoms with Gasteiger partial charge in [0.15, 0.2) is 0 Å². The SMILES string of the molecule is C/C=C/CC/C=C\CC. The Balaban J connectivity index is 2.99. The second-order valence-corrected chi connectivity index (χ2v) is 2.03. The van der Waals surface area contributed by atoms with E-state index in [0.717, 1.165) is 6.42 Å². The van der Waals surface area contributed by atoms with Crippen LogP contribution in [0.1, 0.15) is 33.1 Å². The van der Waals surface area contributed by atoms with Gasteiger partial charge in [0.2, 0.25) is 0 Å². The van der Waals surface area contributed by atoms with Crippen LogP contribution in [0.2, 0.25) is 0 Å². The molecule has 9 heavy (non-hydrogen) atoms. The fourth-order valence-corrected chi connectivity index (χ4v) is 0.644. The molecule has 0 rings (SSSR count). The van der Waals surface area contributed by atoms with Crippen molar-refractivity contribution in [1.82, 2.24) is 0 Å². The molecule has 0 unspecified atom stereocenters. The van der Waals surface area contributed by atoms with Crippen LogP contribution >= 0.6 is 0 Å². The summed E-state index contributed by atoms with van der Waals surface area (Å²) in [6.45, 7) is 4.22. The van der Waals surface area contributed by atoms with Crippen molar-refractivity contribution >= 4 is 0 Å². The summed E-state index contributed by atoms with van der Waals surface area (Å²) in [5.41, 5.74) is 0. The van der Waals surface area contributed by atoms with Crippen LogP contribution in [-0.2, 0) is 0 Å². The Labute approximate surface area is 58.3 Å². The van der Waals surface area contributed by atoms with Crippen molar-refractivity contribution in [2.45, 2.75) is 33.1 Å². The maximum Gasteiger partial charge on any atom is -0.0316 e. The quantitative estimate of drug-likeness (QED) is 0.398. The van der Waals surface area contributed by atoms with E-state index in [1.54, 1.807) is 0 Å². The van der Waals surface area contributed by atoms with Crippen LogP contribution in [0.15, 0.2) is 24.3 Å². The molecule has 0 saturated carbocycles. The molecule has 0 spiro atoms. The van der Waals surface area contributed by atoms with Gasteiger partial charge in [-0.1, -0.05) is 31.2 Å². The second kappa shape index (κ2) is 7.48. The van der Waals surface area contributed by atoms with Crippen LogP contribution in [0.4, 0.5) is 0 Å². The zero-order valence-electron chi connectivity index (χ0n) is 6.43. The molecular weight excluding hydrogens is 108 g/mol. The van der Waals surface area contributed by atoms with Crippen molar-refractivity contribution in [3.8, 4) is 0 Å². The molecule has 0 nitrogen and oxygen atoms in total. The van der Waals surface area contributed by atoms with Crippen LogP contribution in [0, 0.1) is 0 Å². The lowest BCUT2D eigenvalue weighted by Gasteiger charge is -1.83. The zero-order valence-corrected chi connectivity index (χ0v) is 6.43. The van der Waals surface area contributed by atoms with Gasteiger partial charge in [-0.15, -0.1) is 0 Å². The summed E-state index contributed by atoms with van der Waals surface area (Å²) in [7, 11) is 0. The Morgan fingerprint density at radius 3 is 2.22 bits per heavy atom. The highest BCUT2D eigenvalue weighted by Crippen LogP contribution is 1.93. The average Bonchev–Trinajstić information content (AvgIpc) is 1.89. The van der Waals surface area contributed by atoms with Crippen LogP contribution in [0.5, 0.6) is 0 Å². The molecular formula is C9H16. The van der Waals surface area contributed by atoms with E-state index >= 15 is 0 Å². The van der Waals surface area contributed by atoms with Gasteiger partial charge in [-0.05, 0) is 26.2 Å². The Morgan fingerprint density at radius 1 is 1.00 bits per heavy atom. The fraction of sp³-hybridized carbons (Fsp3) is 0.556. The number of hydrogen-bond acceptors (Lipinski definition) is 0. The molecule has 0 heterocycles. The third-order valence-corrected chi connectivity index (χ3v) is 1.14. The molecule has 0 saturated heterocycles. The van der Waals surface area contributed by atoms with Crippen molar-refractivity contribution in [1.29, 1.82) is 0 Å². The molecule has 0 bridgehead atoms. The highest BCUT2D eigenvalue weighted by atomic mass is 13.8. The largest absolute Gasteiger partial charge is 0.0917 e. The van der Waals surface area contributed by atoms with Crippen LogP contribution < -0.4 is 0 Å². The van der Waals surface area contributed by atoms with E-state index in [-0.39, 0.29) is 0 Å². The van der Waals surface area contributed by atoms with Gasteiger partial charge in [0.1, 0.15) is 0 Å². The smallest absolute Gasteiger partial charge is 0.0316 e. The molecule has 0 aliphatic heterocycles. The third kappa shape index (κ3) is 7.48. The monoisotopic (exact) mass is 124 g/mol. The first-order valence-electron chi connectivity index (χ1n) is 3.68. The highest BCUT2D eigenvalue weighted by molar-refractivity contribution is 4.85. The molecule has 0 aliphatic carbocycles. The molecule has 0 atom stereocenters. The number of unbranched alkanes of at least 4 members (excludes halogenated alkanes) is 1. The topological polar surface area (TPSA) is 0 Å². The van der Waals surface area contributed by atoms with Gasteiger partial charge >= 0.3 is 0 Å². The van der Waals surface area contributed by atoms with Crippen molar-refractivity contribution in [3.63, 3.8) is 0 Å². The van der Waals surface area contributed by atoms with Gasteiger partial charge in [-0.2, -0.15) is 0 Å². The van der Waals surface area contributed by atoms with Gasteiger partial charge in [0.05, 0.1) is 0 Å². The minimum atomic E-state index is 1.16. The summed E-state index contributed by atoms with van der Waals surface area (Å²) in [4.78, 5) is 0. The summed E-state index contributed by atoms with van der Waals surface area (Å²) in [6, 6.07) is 0. The zero-order chi connectivity index (χ0) is 6.95. The molecule has 0 amide bonds. The van der Waals surface area contributed by atoms with E-state index in [1.165, 1.54) is 12.8 Å². The number of rotatable bonds is 4. The maximum absolute atomic E-state index is 2.24. The summed E-state index contributed by atoms with van der Waals surface area (Å²) < 4.78 is 0. The van der Waals surface area contributed by atoms with Crippen molar-refractivity contribution in [2.24, 2.45) is 0 Å². The average molecular weight is 124 g/mol. The maximum atomic E-state index is 2.24. The Kier molecular flexibility index (Phi) is 7.05. The van der Waals surface area contributed by atoms with Crippen LogP contribution in [0.3, 0.4) is 0 Å². The van der Waals surface area contributed by atoms with E-state index in [2.05, 4.69) is 38.2 Å². The van der Waals surface area contributed by atoms with E-state index in [9.17, 15) is 0 Å². The first kappa shape index (κ1) is 8.48. The third-order valence-electron chi connectivity index (χ3n) is 1.14. The summed E-state index contributed by atoms with van der Waals surface area (Å²) in [6.07, 6.45) is 12.3. The summed E-state index contributed by atoms with van der Waals surface area (Å²) >= 11 is 0. The lowest BCUT2D eigenvalue weighted by molar-refractivity contribution is 1.03. The lowest BCUT2D eigenvalue weighted by atomic mass is 10.2. The molecule has 0 aliphatic rings. The van der Waals surface area contributed by atoms with Crippen LogP contribution in [0.25, 0.3) is 0 Å². The Hall–Kier alpha value is -0.520. The van der Waals surface area contributed by atoms with E-state index in [1.807, 2.05) is 0 Å². The van der Waals surface area contributed by atoms with E-state index in [0.29, 0.717) is 0 Å². The number of hydrogen-bond donors (Lipinski definition) is 0. The molecule has 0 N–H and O–H groups in total. The number of allylic oxidation sites excluding steroid dienone is 4. The minimum absolute atomic E-state index is 1.16. The van der Waals surface area contributed by atoms with Crippen molar-refractivity contribution in [2.75, 3.05) is 0 Å². The molecule has 0 fully saturated rings. The van der Waals surface area contributed by atoms with Gasteiger partial charge in [-0.25, -0.2) is 0 Å². The van der Waals surface area contributed by atoms with Gasteiger partial charge in [0, 0.05) is 0 Å². The lowest BCUT2D eigenvalue weighted by Crippen LogP contribution is -1.62. The molecule has 0 heteroatoms. The summed E-state index contributed by atoms with van der Waals surface area (Å²) in [5, 5.41) is 0. The molecule has 0 aromatic carbocycles. The Bertz CT molecular complexity index is 88.2. The molecule has 0 aromatic rings. The molecule has 0 radical (unpaired) electrons. The normalized spacial score (nSPS) is 11.8. The first-order valence-corrected chi connectivity index (χ1v) is 3.68. The molecule has 0 aromatic heterocycles. The molecule has 52 valence electrons. The van der Waals surface area contributed by atoms with Crippen molar-refractivity contribution < 1.29 is 0 Å². The van der Waals surface area contributed by atoms with E-state index in [4.69, 9.17) is 0 Å². The Morgan fingerprint density at radius 2 is 1.67 bits per heavy atom. The highest BCUT2D eigenvalue weighted by Gasteiger charge is 1.72. The van der Waals surface area contributed by atoms with Crippen LogP contribution in [-0.4, -0.2) is 0 Å². The van der Waals surface area contributed by atoms with Gasteiger partial charge < -0.3 is 0 Å². The van der Waals surface area contributed by atoms with Gasteiger partial charge in [-0.3, -0.25) is 0 Å². The predicted octanol–water partition coefficient (Wildman–Crippen LogP) is 3.31. The second-order valence-electron chi connectivity index (χ2n) is 2.03. The standard InChI is InChI=1S/C9H16/c1-3-5-7-9-8-6-4-2/h3,5-6,8H,4,7,9H2,1-2H3/b5-3+,8-6-.